The molecule has 2 aromatic heterocycles. The molecule has 2 aromatic carbocycles. The van der Waals surface area contributed by atoms with E-state index >= 15 is 0 Å². The number of anilines is 2. The fourth-order valence-corrected chi connectivity index (χ4v) is 6.27. The molecule has 38 heavy (non-hydrogen) atoms. The lowest BCUT2D eigenvalue weighted by molar-refractivity contribution is -0.122. The van der Waals surface area contributed by atoms with E-state index in [1.807, 2.05) is 62.4 Å². The van der Waals surface area contributed by atoms with Crippen LogP contribution in [0, 0.1) is 13.8 Å². The SMILES string of the molecule is Cc1ccc(CN2C(=O)C(=Cc3c(N4CCCc5ccccc54)nc4c(C)cccn4c3=O)SC2=S)cc1. The molecular weight excluding hydrogens is 512 g/mol. The minimum atomic E-state index is -0.208. The Morgan fingerprint density at radius 2 is 1.82 bits per heavy atom. The van der Waals surface area contributed by atoms with E-state index < -0.39 is 0 Å². The Morgan fingerprint density at radius 3 is 2.63 bits per heavy atom. The normalized spacial score (nSPS) is 16.5. The van der Waals surface area contributed by atoms with Crippen molar-refractivity contribution in [3.8, 4) is 0 Å². The van der Waals surface area contributed by atoms with Crippen molar-refractivity contribution in [1.82, 2.24) is 14.3 Å². The number of carbonyl (C=O) groups excluding carboxylic acids is 1. The van der Waals surface area contributed by atoms with Gasteiger partial charge in [-0.3, -0.25) is 18.9 Å². The molecule has 190 valence electrons. The van der Waals surface area contributed by atoms with Crippen molar-refractivity contribution in [3.05, 3.63) is 110 Å². The monoisotopic (exact) mass is 538 g/mol. The molecule has 1 amide bonds. The number of hydrogen-bond acceptors (Lipinski definition) is 6. The quantitative estimate of drug-likeness (QED) is 0.242. The van der Waals surface area contributed by atoms with E-state index in [0.717, 1.165) is 41.8 Å². The number of nitrogens with zero attached hydrogens (tertiary/aromatic N) is 4. The Kier molecular flexibility index (Phi) is 6.37. The Morgan fingerprint density at radius 1 is 1.03 bits per heavy atom. The highest BCUT2D eigenvalue weighted by Gasteiger charge is 2.33. The average Bonchev–Trinajstić information content (AvgIpc) is 3.19. The first-order chi connectivity index (χ1) is 18.4. The number of rotatable bonds is 4. The van der Waals surface area contributed by atoms with Gasteiger partial charge in [0, 0.05) is 18.4 Å². The average molecular weight is 539 g/mol. The third-order valence-corrected chi connectivity index (χ3v) is 8.42. The number of carbonyl (C=O) groups is 1. The van der Waals surface area contributed by atoms with Gasteiger partial charge in [-0.25, -0.2) is 4.98 Å². The van der Waals surface area contributed by atoms with Crippen LogP contribution in [0.25, 0.3) is 11.7 Å². The number of aromatic nitrogens is 2. The summed E-state index contributed by atoms with van der Waals surface area (Å²) >= 11 is 6.82. The molecule has 0 N–H and O–H groups in total. The number of para-hydroxylation sites is 1. The van der Waals surface area contributed by atoms with Gasteiger partial charge in [0.1, 0.15) is 15.8 Å². The predicted molar refractivity (Wildman–Crippen MR) is 158 cm³/mol. The predicted octanol–water partition coefficient (Wildman–Crippen LogP) is 5.80. The van der Waals surface area contributed by atoms with Crippen molar-refractivity contribution in [1.29, 1.82) is 0 Å². The highest BCUT2D eigenvalue weighted by molar-refractivity contribution is 8.26. The van der Waals surface area contributed by atoms with Gasteiger partial charge in [0.25, 0.3) is 11.5 Å². The van der Waals surface area contributed by atoms with Crippen LogP contribution in [0.1, 0.15) is 34.2 Å². The highest BCUT2D eigenvalue weighted by Crippen LogP contribution is 2.37. The number of thiocarbonyl (C=S) groups is 1. The van der Waals surface area contributed by atoms with E-state index in [9.17, 15) is 9.59 Å². The lowest BCUT2D eigenvalue weighted by Gasteiger charge is -2.31. The summed E-state index contributed by atoms with van der Waals surface area (Å²) in [6, 6.07) is 20.1. The van der Waals surface area contributed by atoms with E-state index in [0.29, 0.717) is 32.8 Å². The third-order valence-electron chi connectivity index (χ3n) is 7.04. The van der Waals surface area contributed by atoms with Crippen LogP contribution in [-0.4, -0.2) is 31.1 Å². The Labute approximate surface area is 230 Å². The van der Waals surface area contributed by atoms with Crippen molar-refractivity contribution < 1.29 is 4.79 Å². The van der Waals surface area contributed by atoms with Crippen LogP contribution in [0.5, 0.6) is 0 Å². The molecule has 0 saturated carbocycles. The maximum atomic E-state index is 13.9. The van der Waals surface area contributed by atoms with E-state index in [2.05, 4.69) is 17.0 Å². The van der Waals surface area contributed by atoms with Gasteiger partial charge >= 0.3 is 0 Å². The molecule has 2 aliphatic heterocycles. The maximum absolute atomic E-state index is 13.9. The maximum Gasteiger partial charge on any atom is 0.267 e. The zero-order valence-electron chi connectivity index (χ0n) is 21.2. The van der Waals surface area contributed by atoms with E-state index in [4.69, 9.17) is 17.2 Å². The summed E-state index contributed by atoms with van der Waals surface area (Å²) in [6.07, 6.45) is 5.34. The minimum Gasteiger partial charge on any atom is -0.325 e. The van der Waals surface area contributed by atoms with Gasteiger partial charge in [0.2, 0.25) is 0 Å². The van der Waals surface area contributed by atoms with Crippen molar-refractivity contribution in [2.24, 2.45) is 0 Å². The number of amides is 1. The van der Waals surface area contributed by atoms with Crippen molar-refractivity contribution in [3.63, 3.8) is 0 Å². The second-order valence-electron chi connectivity index (χ2n) is 9.68. The molecule has 0 unspecified atom stereocenters. The van der Waals surface area contributed by atoms with Gasteiger partial charge in [-0.2, -0.15) is 0 Å². The molecule has 1 saturated heterocycles. The zero-order valence-corrected chi connectivity index (χ0v) is 22.8. The summed E-state index contributed by atoms with van der Waals surface area (Å²) in [5.41, 5.74) is 6.13. The highest BCUT2D eigenvalue weighted by atomic mass is 32.2. The topological polar surface area (TPSA) is 57.9 Å². The van der Waals surface area contributed by atoms with E-state index in [-0.39, 0.29) is 11.5 Å². The van der Waals surface area contributed by atoms with Crippen LogP contribution >= 0.6 is 24.0 Å². The summed E-state index contributed by atoms with van der Waals surface area (Å²) < 4.78 is 2.05. The smallest absolute Gasteiger partial charge is 0.267 e. The molecule has 0 bridgehead atoms. The number of pyridine rings is 1. The summed E-state index contributed by atoms with van der Waals surface area (Å²) in [7, 11) is 0. The number of benzene rings is 2. The Balaban J connectivity index is 1.47. The number of hydrogen-bond donors (Lipinski definition) is 0. The molecule has 0 spiro atoms. The number of aryl methyl sites for hydroxylation is 3. The van der Waals surface area contributed by atoms with Gasteiger partial charge < -0.3 is 4.90 Å². The van der Waals surface area contributed by atoms with Crippen LogP contribution < -0.4 is 10.5 Å². The minimum absolute atomic E-state index is 0.195. The summed E-state index contributed by atoms with van der Waals surface area (Å²) in [5, 5.41) is 0. The van der Waals surface area contributed by atoms with Crippen LogP contribution in [-0.2, 0) is 17.8 Å². The second kappa shape index (κ2) is 9.85. The molecule has 4 aromatic rings. The van der Waals surface area contributed by atoms with Crippen LogP contribution in [0.4, 0.5) is 11.5 Å². The molecule has 8 heteroatoms. The van der Waals surface area contributed by atoms with Crippen LogP contribution in [0.15, 0.2) is 76.6 Å². The summed E-state index contributed by atoms with van der Waals surface area (Å²) in [5.74, 6) is 0.375. The third kappa shape index (κ3) is 4.33. The second-order valence-corrected chi connectivity index (χ2v) is 11.4. The van der Waals surface area contributed by atoms with Gasteiger partial charge in [-0.05, 0) is 61.6 Å². The van der Waals surface area contributed by atoms with Gasteiger partial charge in [0.15, 0.2) is 0 Å². The van der Waals surface area contributed by atoms with Crippen molar-refractivity contribution >= 4 is 57.4 Å². The lowest BCUT2D eigenvalue weighted by atomic mass is 10.0. The Bertz CT molecular complexity index is 1690. The zero-order chi connectivity index (χ0) is 26.4. The molecule has 0 radical (unpaired) electrons. The van der Waals surface area contributed by atoms with E-state index in [1.165, 1.54) is 17.3 Å². The fourth-order valence-electron chi connectivity index (χ4n) is 5.03. The van der Waals surface area contributed by atoms with Crippen molar-refractivity contribution in [2.75, 3.05) is 11.4 Å². The largest absolute Gasteiger partial charge is 0.325 e. The number of thioether (sulfide) groups is 1. The van der Waals surface area contributed by atoms with E-state index in [1.54, 1.807) is 21.6 Å². The first-order valence-electron chi connectivity index (χ1n) is 12.6. The molecule has 1 fully saturated rings. The van der Waals surface area contributed by atoms with Gasteiger partial charge in [0.05, 0.1) is 17.0 Å². The standard InChI is InChI=1S/C30H26N4O2S2/c1-19-11-13-21(14-12-19)18-34-29(36)25(38-30(34)37)17-23-27(31-26-20(2)7-5-16-33(26)28(23)35)32-15-6-9-22-8-3-4-10-24(22)32/h3-5,7-8,10-14,16-17H,6,9,15,18H2,1-2H3. The first-order valence-corrected chi connectivity index (χ1v) is 13.8. The lowest BCUT2D eigenvalue weighted by Crippen LogP contribution is -2.30. The van der Waals surface area contributed by atoms with Crippen LogP contribution in [0.2, 0.25) is 0 Å². The molecule has 4 heterocycles. The summed E-state index contributed by atoms with van der Waals surface area (Å²) in [6.45, 7) is 5.11. The van der Waals surface area contributed by atoms with Gasteiger partial charge in [-0.15, -0.1) is 0 Å². The van der Waals surface area contributed by atoms with Crippen LogP contribution in [0.3, 0.4) is 0 Å². The van der Waals surface area contributed by atoms with Crippen molar-refractivity contribution in [2.45, 2.75) is 33.2 Å². The summed E-state index contributed by atoms with van der Waals surface area (Å²) in [4.78, 5) is 36.6. The Hall–Kier alpha value is -3.75. The number of fused-ring (bicyclic) bond motifs is 2. The molecule has 6 nitrogen and oxygen atoms in total. The first kappa shape index (κ1) is 24.6. The molecule has 2 aliphatic rings. The fraction of sp³-hybridized carbons (Fsp3) is 0.200. The van der Waals surface area contributed by atoms with Gasteiger partial charge in [-0.1, -0.05) is 78.1 Å². The molecule has 6 rings (SSSR count). The molecule has 0 aliphatic carbocycles. The molecular formula is C30H26N4O2S2. The molecule has 0 atom stereocenters.